The van der Waals surface area contributed by atoms with Crippen molar-refractivity contribution in [1.82, 2.24) is 0 Å². The molecule has 1 unspecified atom stereocenters. The second-order valence-electron chi connectivity index (χ2n) is 4.50. The first kappa shape index (κ1) is 11.9. The lowest BCUT2D eigenvalue weighted by Crippen LogP contribution is -2.31. The molecular weight excluding hydrogens is 224 g/mol. The maximum Gasteiger partial charge on any atom is 0.0710 e. The predicted molar refractivity (Wildman–Crippen MR) is 64.8 cm³/mol. The van der Waals surface area contributed by atoms with Crippen LogP contribution in [0.1, 0.15) is 24.8 Å². The van der Waals surface area contributed by atoms with Crippen molar-refractivity contribution in [3.05, 3.63) is 34.9 Å². The molecule has 2 rings (SSSR count). The van der Waals surface area contributed by atoms with Gasteiger partial charge in [0.2, 0.25) is 0 Å². The standard InChI is InChI=1S/C13H17ClO2/c14-12-4-1-3-11(9-12)10-13(15)5-2-7-16-8-6-13/h1,3-4,9,15H,2,5-8,10H2. The number of halogens is 1. The summed E-state index contributed by atoms with van der Waals surface area (Å²) in [7, 11) is 0. The molecular formula is C13H17ClO2. The van der Waals surface area contributed by atoms with Crippen LogP contribution in [0.15, 0.2) is 24.3 Å². The number of ether oxygens (including phenoxy) is 1. The van der Waals surface area contributed by atoms with Gasteiger partial charge in [-0.2, -0.15) is 0 Å². The Bertz CT molecular complexity index is 344. The van der Waals surface area contributed by atoms with E-state index >= 15 is 0 Å². The average molecular weight is 241 g/mol. The lowest BCUT2D eigenvalue weighted by Gasteiger charge is -2.26. The van der Waals surface area contributed by atoms with E-state index in [0.717, 1.165) is 30.0 Å². The molecule has 1 heterocycles. The van der Waals surface area contributed by atoms with Gasteiger partial charge in [0.05, 0.1) is 5.60 Å². The van der Waals surface area contributed by atoms with Crippen molar-refractivity contribution in [1.29, 1.82) is 0 Å². The first-order chi connectivity index (χ1) is 7.68. The summed E-state index contributed by atoms with van der Waals surface area (Å²) in [4.78, 5) is 0. The fraction of sp³-hybridized carbons (Fsp3) is 0.538. The minimum absolute atomic E-state index is 0.624. The first-order valence-electron chi connectivity index (χ1n) is 5.73. The molecule has 0 bridgehead atoms. The van der Waals surface area contributed by atoms with Crippen LogP contribution in [0.4, 0.5) is 0 Å². The van der Waals surface area contributed by atoms with Gasteiger partial charge in [0, 0.05) is 24.7 Å². The Morgan fingerprint density at radius 2 is 2.19 bits per heavy atom. The highest BCUT2D eigenvalue weighted by atomic mass is 35.5. The molecule has 16 heavy (non-hydrogen) atoms. The van der Waals surface area contributed by atoms with Crippen molar-refractivity contribution < 1.29 is 9.84 Å². The molecule has 88 valence electrons. The molecule has 0 aliphatic carbocycles. The van der Waals surface area contributed by atoms with Crippen LogP contribution in [0.5, 0.6) is 0 Å². The molecule has 1 aromatic carbocycles. The molecule has 1 fully saturated rings. The van der Waals surface area contributed by atoms with E-state index in [2.05, 4.69) is 0 Å². The molecule has 0 amide bonds. The topological polar surface area (TPSA) is 29.5 Å². The summed E-state index contributed by atoms with van der Waals surface area (Å²) >= 11 is 5.93. The zero-order valence-electron chi connectivity index (χ0n) is 9.29. The Balaban J connectivity index is 2.06. The van der Waals surface area contributed by atoms with Gasteiger partial charge in [-0.3, -0.25) is 0 Å². The van der Waals surface area contributed by atoms with Crippen LogP contribution in [-0.4, -0.2) is 23.9 Å². The van der Waals surface area contributed by atoms with Crippen molar-refractivity contribution in [3.63, 3.8) is 0 Å². The van der Waals surface area contributed by atoms with Gasteiger partial charge in [0.15, 0.2) is 0 Å². The van der Waals surface area contributed by atoms with E-state index < -0.39 is 5.60 Å². The van der Waals surface area contributed by atoms with Crippen LogP contribution in [0.2, 0.25) is 5.02 Å². The summed E-state index contributed by atoms with van der Waals surface area (Å²) in [6.07, 6.45) is 3.10. The number of hydrogen-bond acceptors (Lipinski definition) is 2. The third-order valence-electron chi connectivity index (χ3n) is 3.06. The zero-order valence-corrected chi connectivity index (χ0v) is 10.0. The van der Waals surface area contributed by atoms with Crippen molar-refractivity contribution in [2.24, 2.45) is 0 Å². The number of hydrogen-bond donors (Lipinski definition) is 1. The third-order valence-corrected chi connectivity index (χ3v) is 3.30. The highest BCUT2D eigenvalue weighted by molar-refractivity contribution is 6.30. The smallest absolute Gasteiger partial charge is 0.0710 e. The lowest BCUT2D eigenvalue weighted by molar-refractivity contribution is 0.0189. The van der Waals surface area contributed by atoms with Gasteiger partial charge in [-0.1, -0.05) is 23.7 Å². The van der Waals surface area contributed by atoms with E-state index in [1.807, 2.05) is 24.3 Å². The normalized spacial score (nSPS) is 26.4. The molecule has 2 nitrogen and oxygen atoms in total. The Hall–Kier alpha value is -0.570. The minimum atomic E-state index is -0.624. The fourth-order valence-corrected chi connectivity index (χ4v) is 2.41. The van der Waals surface area contributed by atoms with E-state index in [1.165, 1.54) is 0 Å². The zero-order chi connectivity index (χ0) is 11.4. The maximum atomic E-state index is 10.5. The lowest BCUT2D eigenvalue weighted by atomic mass is 9.88. The van der Waals surface area contributed by atoms with E-state index in [1.54, 1.807) is 0 Å². The quantitative estimate of drug-likeness (QED) is 0.862. The van der Waals surface area contributed by atoms with Crippen LogP contribution in [0.25, 0.3) is 0 Å². The highest BCUT2D eigenvalue weighted by Crippen LogP contribution is 2.26. The molecule has 0 aromatic heterocycles. The SMILES string of the molecule is OC1(Cc2cccc(Cl)c2)CCCOCC1. The maximum absolute atomic E-state index is 10.5. The van der Waals surface area contributed by atoms with Gasteiger partial charge in [-0.15, -0.1) is 0 Å². The van der Waals surface area contributed by atoms with Crippen LogP contribution in [0.3, 0.4) is 0 Å². The molecule has 1 atom stereocenters. The van der Waals surface area contributed by atoms with Gasteiger partial charge < -0.3 is 9.84 Å². The molecule has 0 radical (unpaired) electrons. The Labute approximate surface area is 101 Å². The molecule has 1 aromatic rings. The fourth-order valence-electron chi connectivity index (χ4n) is 2.20. The molecule has 0 saturated carbocycles. The van der Waals surface area contributed by atoms with Crippen molar-refractivity contribution in [2.75, 3.05) is 13.2 Å². The van der Waals surface area contributed by atoms with Gasteiger partial charge in [-0.25, -0.2) is 0 Å². The van der Waals surface area contributed by atoms with E-state index in [9.17, 15) is 5.11 Å². The molecule has 1 aliphatic rings. The van der Waals surface area contributed by atoms with Gasteiger partial charge >= 0.3 is 0 Å². The predicted octanol–water partition coefficient (Wildman–Crippen LogP) is 2.81. The Morgan fingerprint density at radius 1 is 1.31 bits per heavy atom. The average Bonchev–Trinajstić information content (AvgIpc) is 2.43. The number of rotatable bonds is 2. The van der Waals surface area contributed by atoms with Gasteiger partial charge in [-0.05, 0) is 37.0 Å². The summed E-state index contributed by atoms with van der Waals surface area (Å²) in [6, 6.07) is 7.71. The molecule has 0 spiro atoms. The second kappa shape index (κ2) is 5.17. The summed E-state index contributed by atoms with van der Waals surface area (Å²) in [5.74, 6) is 0. The van der Waals surface area contributed by atoms with Crippen LogP contribution in [0, 0.1) is 0 Å². The Kier molecular flexibility index (Phi) is 3.85. The van der Waals surface area contributed by atoms with E-state index in [0.29, 0.717) is 19.4 Å². The summed E-state index contributed by atoms with van der Waals surface area (Å²) in [5.41, 5.74) is 0.471. The molecule has 1 aliphatic heterocycles. The van der Waals surface area contributed by atoms with Gasteiger partial charge in [0.1, 0.15) is 0 Å². The minimum Gasteiger partial charge on any atom is -0.389 e. The van der Waals surface area contributed by atoms with Gasteiger partial charge in [0.25, 0.3) is 0 Å². The van der Waals surface area contributed by atoms with Crippen LogP contribution >= 0.6 is 11.6 Å². The van der Waals surface area contributed by atoms with Crippen molar-refractivity contribution in [3.8, 4) is 0 Å². The second-order valence-corrected chi connectivity index (χ2v) is 4.93. The van der Waals surface area contributed by atoms with E-state index in [4.69, 9.17) is 16.3 Å². The number of benzene rings is 1. The van der Waals surface area contributed by atoms with E-state index in [-0.39, 0.29) is 0 Å². The summed E-state index contributed by atoms with van der Waals surface area (Å²) < 4.78 is 5.37. The monoisotopic (exact) mass is 240 g/mol. The Morgan fingerprint density at radius 3 is 3.00 bits per heavy atom. The van der Waals surface area contributed by atoms with Crippen LogP contribution < -0.4 is 0 Å². The molecule has 1 N–H and O–H groups in total. The van der Waals surface area contributed by atoms with Crippen molar-refractivity contribution >= 4 is 11.6 Å². The summed E-state index contributed by atoms with van der Waals surface area (Å²) in [5, 5.41) is 11.2. The van der Waals surface area contributed by atoms with Crippen molar-refractivity contribution in [2.45, 2.75) is 31.3 Å². The summed E-state index contributed by atoms with van der Waals surface area (Å²) in [6.45, 7) is 1.41. The largest absolute Gasteiger partial charge is 0.389 e. The molecule has 1 saturated heterocycles. The van der Waals surface area contributed by atoms with Crippen LogP contribution in [-0.2, 0) is 11.2 Å². The molecule has 3 heteroatoms. The highest BCUT2D eigenvalue weighted by Gasteiger charge is 2.28. The third kappa shape index (κ3) is 3.21. The number of aliphatic hydroxyl groups is 1. The first-order valence-corrected chi connectivity index (χ1v) is 6.10.